The van der Waals surface area contributed by atoms with Crippen LogP contribution in [0.1, 0.15) is 18.9 Å². The fraction of sp³-hybridized carbons (Fsp3) is 0.467. The molecule has 9 heteroatoms. The second-order valence-corrected chi connectivity index (χ2v) is 7.34. The van der Waals surface area contributed by atoms with Gasteiger partial charge in [0.05, 0.1) is 10.8 Å². The van der Waals surface area contributed by atoms with E-state index in [9.17, 15) is 18.0 Å². The van der Waals surface area contributed by atoms with Gasteiger partial charge in [-0.05, 0) is 24.1 Å². The van der Waals surface area contributed by atoms with E-state index in [-0.39, 0.29) is 24.0 Å². The summed E-state index contributed by atoms with van der Waals surface area (Å²) < 4.78 is 26.4. The molecular weight excluding hydrogens is 334 g/mol. The van der Waals surface area contributed by atoms with Gasteiger partial charge in [0.1, 0.15) is 0 Å². The number of carbonyl (C=O) groups is 2. The van der Waals surface area contributed by atoms with Gasteiger partial charge in [0.15, 0.2) is 0 Å². The Morgan fingerprint density at radius 3 is 2.75 bits per heavy atom. The van der Waals surface area contributed by atoms with Gasteiger partial charge in [0.25, 0.3) is 0 Å². The summed E-state index contributed by atoms with van der Waals surface area (Å²) in [7, 11) is -3.54. The third kappa shape index (κ3) is 4.45. The van der Waals surface area contributed by atoms with Gasteiger partial charge >= 0.3 is 12.0 Å². The van der Waals surface area contributed by atoms with E-state index in [2.05, 4.69) is 10.0 Å². The number of nitrogens with zero attached hydrogens (tertiary/aromatic N) is 1. The Morgan fingerprint density at radius 2 is 2.12 bits per heavy atom. The molecule has 0 saturated carbocycles. The van der Waals surface area contributed by atoms with Crippen LogP contribution in [0.15, 0.2) is 29.2 Å². The predicted octanol–water partition coefficient (Wildman–Crippen LogP) is 0.601. The number of sulfonamides is 1. The molecule has 0 aliphatic carbocycles. The van der Waals surface area contributed by atoms with Crippen molar-refractivity contribution in [2.75, 3.05) is 19.6 Å². The number of aliphatic carboxylic acids is 1. The van der Waals surface area contributed by atoms with E-state index in [1.807, 2.05) is 0 Å². The van der Waals surface area contributed by atoms with Crippen LogP contribution in [0.5, 0.6) is 0 Å². The van der Waals surface area contributed by atoms with Crippen LogP contribution < -0.4 is 10.0 Å². The van der Waals surface area contributed by atoms with Gasteiger partial charge in [-0.15, -0.1) is 0 Å². The first-order valence-electron chi connectivity index (χ1n) is 7.67. The number of nitrogens with one attached hydrogen (secondary N) is 2. The number of carboxylic acids is 1. The van der Waals surface area contributed by atoms with E-state index in [0.717, 1.165) is 0 Å². The van der Waals surface area contributed by atoms with Crippen molar-refractivity contribution >= 4 is 22.0 Å². The van der Waals surface area contributed by atoms with Crippen LogP contribution >= 0.6 is 0 Å². The zero-order valence-electron chi connectivity index (χ0n) is 13.4. The fourth-order valence-electron chi connectivity index (χ4n) is 2.53. The molecule has 0 spiro atoms. The van der Waals surface area contributed by atoms with Crippen molar-refractivity contribution in [2.24, 2.45) is 5.92 Å². The largest absolute Gasteiger partial charge is 0.481 e. The summed E-state index contributed by atoms with van der Waals surface area (Å²) >= 11 is 0. The lowest BCUT2D eigenvalue weighted by Gasteiger charge is -2.17. The smallest absolute Gasteiger partial charge is 0.317 e. The standard InChI is InChI=1S/C15H21N3O5S/c1-2-17-24(22,23)13-5-3-4-11(8-13)9-16-15(21)18-7-6-12(10-18)14(19)20/h3-5,8,12,17H,2,6-7,9-10H2,1H3,(H,16,21)(H,19,20). The van der Waals surface area contributed by atoms with Crippen molar-refractivity contribution in [1.29, 1.82) is 0 Å². The highest BCUT2D eigenvalue weighted by molar-refractivity contribution is 7.89. The Labute approximate surface area is 140 Å². The number of amides is 2. The van der Waals surface area contributed by atoms with Gasteiger partial charge in [-0.1, -0.05) is 19.1 Å². The summed E-state index contributed by atoms with van der Waals surface area (Å²) in [5.74, 6) is -1.42. The lowest BCUT2D eigenvalue weighted by Crippen LogP contribution is -2.38. The molecule has 2 amide bonds. The van der Waals surface area contributed by atoms with Gasteiger partial charge in [-0.2, -0.15) is 0 Å². The number of likely N-dealkylation sites (tertiary alicyclic amines) is 1. The highest BCUT2D eigenvalue weighted by atomic mass is 32.2. The summed E-state index contributed by atoms with van der Waals surface area (Å²) in [4.78, 5) is 24.6. The first kappa shape index (κ1) is 18.2. The molecule has 0 aromatic heterocycles. The van der Waals surface area contributed by atoms with Crippen molar-refractivity contribution in [3.63, 3.8) is 0 Å². The molecule has 24 heavy (non-hydrogen) atoms. The molecule has 1 atom stereocenters. The van der Waals surface area contributed by atoms with E-state index in [1.165, 1.54) is 17.0 Å². The van der Waals surface area contributed by atoms with Gasteiger partial charge in [0.2, 0.25) is 10.0 Å². The average Bonchev–Trinajstić information content (AvgIpc) is 3.03. The molecule has 1 aromatic rings. The highest BCUT2D eigenvalue weighted by Crippen LogP contribution is 2.16. The minimum absolute atomic E-state index is 0.142. The fourth-order valence-corrected chi connectivity index (χ4v) is 3.64. The zero-order chi connectivity index (χ0) is 17.7. The Kier molecular flexibility index (Phi) is 5.79. The van der Waals surface area contributed by atoms with Crippen molar-refractivity contribution in [2.45, 2.75) is 24.8 Å². The topological polar surface area (TPSA) is 116 Å². The summed E-state index contributed by atoms with van der Waals surface area (Å²) in [6, 6.07) is 5.97. The predicted molar refractivity (Wildman–Crippen MR) is 86.9 cm³/mol. The maximum atomic E-state index is 12.1. The molecule has 3 N–H and O–H groups in total. The molecule has 0 bridgehead atoms. The van der Waals surface area contributed by atoms with E-state index < -0.39 is 21.9 Å². The Morgan fingerprint density at radius 1 is 1.38 bits per heavy atom. The van der Waals surface area contributed by atoms with Crippen LogP contribution in [-0.2, 0) is 21.4 Å². The molecule has 1 unspecified atom stereocenters. The number of hydrogen-bond acceptors (Lipinski definition) is 4. The van der Waals surface area contributed by atoms with E-state index in [0.29, 0.717) is 25.1 Å². The molecule has 2 rings (SSSR count). The molecular formula is C15H21N3O5S. The summed E-state index contributed by atoms with van der Waals surface area (Å²) in [5, 5.41) is 11.6. The van der Waals surface area contributed by atoms with Crippen LogP contribution in [0.25, 0.3) is 0 Å². The van der Waals surface area contributed by atoms with Crippen molar-refractivity contribution < 1.29 is 23.1 Å². The minimum Gasteiger partial charge on any atom is -0.481 e. The Bertz CT molecular complexity index is 720. The molecule has 0 radical (unpaired) electrons. The molecule has 1 saturated heterocycles. The number of hydrogen-bond donors (Lipinski definition) is 3. The number of carboxylic acid groups (broad SMARTS) is 1. The first-order valence-corrected chi connectivity index (χ1v) is 9.16. The summed E-state index contributed by atoms with van der Waals surface area (Å²) in [6.07, 6.45) is 0.444. The lowest BCUT2D eigenvalue weighted by molar-refractivity contribution is -0.141. The monoisotopic (exact) mass is 355 g/mol. The molecule has 132 valence electrons. The number of carbonyl (C=O) groups excluding carboxylic acids is 1. The van der Waals surface area contributed by atoms with Gasteiger partial charge in [0, 0.05) is 26.2 Å². The summed E-state index contributed by atoms with van der Waals surface area (Å²) in [5.41, 5.74) is 0.649. The van der Waals surface area contributed by atoms with Crippen LogP contribution in [0.3, 0.4) is 0 Å². The van der Waals surface area contributed by atoms with E-state index >= 15 is 0 Å². The molecule has 1 heterocycles. The van der Waals surface area contributed by atoms with Crippen LogP contribution in [0.2, 0.25) is 0 Å². The number of urea groups is 1. The van der Waals surface area contributed by atoms with Crippen LogP contribution in [0, 0.1) is 5.92 Å². The van der Waals surface area contributed by atoms with Gasteiger partial charge in [-0.3, -0.25) is 4.79 Å². The lowest BCUT2D eigenvalue weighted by atomic mass is 10.1. The van der Waals surface area contributed by atoms with Gasteiger partial charge < -0.3 is 15.3 Å². The minimum atomic E-state index is -3.54. The van der Waals surface area contributed by atoms with E-state index in [4.69, 9.17) is 5.11 Å². The van der Waals surface area contributed by atoms with Gasteiger partial charge in [-0.25, -0.2) is 17.9 Å². The number of rotatable bonds is 6. The quantitative estimate of drug-likeness (QED) is 0.691. The molecule has 1 fully saturated rings. The number of benzene rings is 1. The molecule has 8 nitrogen and oxygen atoms in total. The van der Waals surface area contributed by atoms with Crippen molar-refractivity contribution in [3.05, 3.63) is 29.8 Å². The Hall–Kier alpha value is -2.13. The Balaban J connectivity index is 1.95. The first-order chi connectivity index (χ1) is 11.3. The molecule has 1 aliphatic heterocycles. The van der Waals surface area contributed by atoms with Crippen molar-refractivity contribution in [1.82, 2.24) is 14.9 Å². The second-order valence-electron chi connectivity index (χ2n) is 5.58. The van der Waals surface area contributed by atoms with Crippen LogP contribution in [-0.4, -0.2) is 50.1 Å². The average molecular weight is 355 g/mol. The summed E-state index contributed by atoms with van der Waals surface area (Å²) in [6.45, 7) is 2.75. The van der Waals surface area contributed by atoms with E-state index in [1.54, 1.807) is 19.1 Å². The normalized spacial score (nSPS) is 17.7. The maximum Gasteiger partial charge on any atom is 0.317 e. The SMILES string of the molecule is CCNS(=O)(=O)c1cccc(CNC(=O)N2CCC(C(=O)O)C2)c1. The third-order valence-electron chi connectivity index (χ3n) is 3.81. The maximum absolute atomic E-state index is 12.1. The third-order valence-corrected chi connectivity index (χ3v) is 5.35. The highest BCUT2D eigenvalue weighted by Gasteiger charge is 2.30. The second kappa shape index (κ2) is 7.63. The molecule has 1 aromatic carbocycles. The van der Waals surface area contributed by atoms with Crippen LogP contribution in [0.4, 0.5) is 4.79 Å². The zero-order valence-corrected chi connectivity index (χ0v) is 14.2. The van der Waals surface area contributed by atoms with Crippen molar-refractivity contribution in [3.8, 4) is 0 Å². The molecule has 1 aliphatic rings.